The molecule has 0 saturated heterocycles. The van der Waals surface area contributed by atoms with E-state index in [4.69, 9.17) is 15.2 Å². The Balaban J connectivity index is 2.01. The molecule has 0 radical (unpaired) electrons. The van der Waals surface area contributed by atoms with Crippen molar-refractivity contribution < 1.29 is 19.1 Å². The molecule has 0 amide bonds. The monoisotopic (exact) mass is 560 g/mol. The third-order valence-corrected chi connectivity index (χ3v) is 7.92. The van der Waals surface area contributed by atoms with Crippen LogP contribution in [0, 0.1) is 0 Å². The van der Waals surface area contributed by atoms with E-state index in [1.54, 1.807) is 19.9 Å². The zero-order valence-corrected chi connectivity index (χ0v) is 24.3. The molecule has 4 rings (SSSR count). The van der Waals surface area contributed by atoms with Gasteiger partial charge >= 0.3 is 11.9 Å². The van der Waals surface area contributed by atoms with E-state index in [0.29, 0.717) is 14.8 Å². The summed E-state index contributed by atoms with van der Waals surface area (Å²) in [5, 5.41) is 0. The Hall–Kier alpha value is -3.91. The van der Waals surface area contributed by atoms with Crippen LogP contribution in [0.4, 0.5) is 0 Å². The highest BCUT2D eigenvalue weighted by Crippen LogP contribution is 2.38. The highest BCUT2D eigenvalue weighted by atomic mass is 32.1. The Morgan fingerprint density at radius 3 is 1.90 bits per heavy atom. The predicted octanol–water partition coefficient (Wildman–Crippen LogP) is 3.85. The molecule has 7 nitrogen and oxygen atoms in total. The molecule has 2 heterocycles. The maximum atomic E-state index is 13.7. The van der Waals surface area contributed by atoms with Gasteiger partial charge in [0.25, 0.3) is 5.56 Å². The minimum atomic E-state index is -0.854. The van der Waals surface area contributed by atoms with E-state index in [1.807, 2.05) is 48.5 Å². The van der Waals surface area contributed by atoms with E-state index >= 15 is 0 Å². The number of fused-ring (bicyclic) bond motifs is 1. The summed E-state index contributed by atoms with van der Waals surface area (Å²) in [7, 11) is 0. The van der Waals surface area contributed by atoms with Crippen LogP contribution in [0.1, 0.15) is 68.7 Å². The van der Waals surface area contributed by atoms with Crippen molar-refractivity contribution in [3.63, 3.8) is 0 Å². The van der Waals surface area contributed by atoms with Gasteiger partial charge in [-0.05, 0) is 55.0 Å². The summed E-state index contributed by atoms with van der Waals surface area (Å²) >= 11 is 1.16. The third kappa shape index (κ3) is 5.82. The molecule has 210 valence electrons. The van der Waals surface area contributed by atoms with Gasteiger partial charge in [-0.1, -0.05) is 75.2 Å². The molecule has 8 heteroatoms. The van der Waals surface area contributed by atoms with Gasteiger partial charge in [0.1, 0.15) is 10.5 Å². The number of carbonyl (C=O) groups is 2. The molecule has 40 heavy (non-hydrogen) atoms. The van der Waals surface area contributed by atoms with Crippen LogP contribution < -0.4 is 20.5 Å². The second kappa shape index (κ2) is 13.0. The molecule has 0 fully saturated rings. The average Bonchev–Trinajstić information content (AvgIpc) is 3.26. The van der Waals surface area contributed by atoms with Crippen molar-refractivity contribution in [1.29, 1.82) is 0 Å². The van der Waals surface area contributed by atoms with Crippen LogP contribution in [-0.4, -0.2) is 29.7 Å². The first-order valence-electron chi connectivity index (χ1n) is 13.8. The highest BCUT2D eigenvalue weighted by Gasteiger charge is 2.39. The molecule has 1 unspecified atom stereocenters. The van der Waals surface area contributed by atoms with Crippen molar-refractivity contribution in [2.45, 2.75) is 59.3 Å². The Labute approximate surface area is 238 Å². The van der Waals surface area contributed by atoms with Crippen LogP contribution in [-0.2, 0) is 31.9 Å². The van der Waals surface area contributed by atoms with E-state index in [-0.39, 0.29) is 30.2 Å². The van der Waals surface area contributed by atoms with E-state index < -0.39 is 23.4 Å². The first kappa shape index (κ1) is 29.1. The number of rotatable bonds is 10. The van der Waals surface area contributed by atoms with Crippen LogP contribution in [0.25, 0.3) is 17.5 Å². The molecule has 0 aliphatic carbocycles. The number of hydrogen-bond donors (Lipinski definition) is 1. The summed E-state index contributed by atoms with van der Waals surface area (Å²) in [6, 6.07) is 15.8. The van der Waals surface area contributed by atoms with Crippen molar-refractivity contribution in [2.24, 2.45) is 5.73 Å². The first-order valence-corrected chi connectivity index (χ1v) is 14.7. The summed E-state index contributed by atoms with van der Waals surface area (Å²) in [4.78, 5) is 40.6. The van der Waals surface area contributed by atoms with Gasteiger partial charge < -0.3 is 15.2 Å². The number of aromatic nitrogens is 1. The van der Waals surface area contributed by atoms with Crippen molar-refractivity contribution in [1.82, 2.24) is 4.57 Å². The third-order valence-electron chi connectivity index (χ3n) is 6.81. The molecule has 2 aromatic carbocycles. The minimum absolute atomic E-state index is 0.0386. The van der Waals surface area contributed by atoms with Gasteiger partial charge in [0.05, 0.1) is 34.8 Å². The SMILES string of the molecule is CCCc1ccc(C=c2sc3n(c2=O)C(N)=C(C(=O)OCC)C(c2ccc(CCC)cc2)C=3C(=O)OCC)cc1. The molecule has 1 aliphatic rings. The largest absolute Gasteiger partial charge is 0.463 e. The fourth-order valence-electron chi connectivity index (χ4n) is 4.98. The predicted molar refractivity (Wildman–Crippen MR) is 159 cm³/mol. The van der Waals surface area contributed by atoms with Crippen LogP contribution >= 0.6 is 11.3 Å². The van der Waals surface area contributed by atoms with Gasteiger partial charge in [-0.15, -0.1) is 11.3 Å². The molecule has 0 spiro atoms. The fourth-order valence-corrected chi connectivity index (χ4v) is 6.15. The number of esters is 2. The van der Waals surface area contributed by atoms with Gasteiger partial charge in [-0.25, -0.2) is 9.59 Å². The number of nitrogens with two attached hydrogens (primary N) is 1. The Bertz CT molecular complexity index is 1590. The molecule has 3 aromatic rings. The normalized spacial score (nSPS) is 15.2. The molecule has 1 aromatic heterocycles. The highest BCUT2D eigenvalue weighted by molar-refractivity contribution is 7.07. The summed E-state index contributed by atoms with van der Waals surface area (Å²) in [6.07, 6.45) is 5.71. The number of hydrogen-bond acceptors (Lipinski definition) is 7. The van der Waals surface area contributed by atoms with Crippen LogP contribution in [0.3, 0.4) is 0 Å². The quantitative estimate of drug-likeness (QED) is 0.378. The molecule has 1 aliphatic heterocycles. The smallest absolute Gasteiger partial charge is 0.338 e. The summed E-state index contributed by atoms with van der Waals surface area (Å²) < 4.78 is 12.8. The lowest BCUT2D eigenvalue weighted by molar-refractivity contribution is -0.138. The van der Waals surface area contributed by atoms with Crippen molar-refractivity contribution in [3.05, 3.63) is 95.9 Å². The number of benzene rings is 2. The fraction of sp³-hybridized carbons (Fsp3) is 0.344. The van der Waals surface area contributed by atoms with Crippen LogP contribution in [0.15, 0.2) is 58.9 Å². The topological polar surface area (TPSA) is 101 Å². The molecule has 2 N–H and O–H groups in total. The van der Waals surface area contributed by atoms with E-state index in [0.717, 1.165) is 48.1 Å². The van der Waals surface area contributed by atoms with Gasteiger partial charge in [0.15, 0.2) is 0 Å². The van der Waals surface area contributed by atoms with Crippen LogP contribution in [0.2, 0.25) is 0 Å². The average molecular weight is 561 g/mol. The van der Waals surface area contributed by atoms with Crippen molar-refractivity contribution >= 4 is 40.7 Å². The standard InChI is InChI=1S/C32H36N2O5S/c1-5-9-20-11-13-22(14-12-20)19-24-29(35)34-28(33)26(31(36)38-7-3)25(23-17-15-21(10-6-2)16-18-23)27(30(34)40-24)32(37)39-8-4/h11-19,25H,5-10,33H2,1-4H3. The number of ether oxygens (including phenoxy) is 2. The number of carbonyl (C=O) groups excluding carboxylic acids is 2. The zero-order valence-electron chi connectivity index (χ0n) is 23.5. The molecule has 1 atom stereocenters. The lowest BCUT2D eigenvalue weighted by Gasteiger charge is -2.27. The zero-order chi connectivity index (χ0) is 28.8. The second-order valence-corrected chi connectivity index (χ2v) is 10.7. The van der Waals surface area contributed by atoms with Crippen molar-refractivity contribution in [3.8, 4) is 0 Å². The van der Waals surface area contributed by atoms with Gasteiger partial charge in [0.2, 0.25) is 0 Å². The van der Waals surface area contributed by atoms with Crippen molar-refractivity contribution in [2.75, 3.05) is 13.2 Å². The number of aryl methyl sites for hydroxylation is 2. The number of nitrogens with zero attached hydrogens (tertiary/aromatic N) is 1. The van der Waals surface area contributed by atoms with Gasteiger partial charge in [-0.2, -0.15) is 0 Å². The van der Waals surface area contributed by atoms with E-state index in [1.165, 1.54) is 10.1 Å². The maximum absolute atomic E-state index is 13.7. The molecular formula is C32H36N2O5S. The molecular weight excluding hydrogens is 524 g/mol. The minimum Gasteiger partial charge on any atom is -0.463 e. The summed E-state index contributed by atoms with van der Waals surface area (Å²) in [6.45, 7) is 7.90. The maximum Gasteiger partial charge on any atom is 0.338 e. The molecule has 0 saturated carbocycles. The summed E-state index contributed by atoms with van der Waals surface area (Å²) in [5.74, 6) is -2.17. The second-order valence-electron chi connectivity index (χ2n) is 9.63. The molecule has 0 bridgehead atoms. The van der Waals surface area contributed by atoms with E-state index in [9.17, 15) is 14.4 Å². The van der Waals surface area contributed by atoms with E-state index in [2.05, 4.69) is 13.8 Å². The Morgan fingerprint density at radius 1 is 0.850 bits per heavy atom. The van der Waals surface area contributed by atoms with Crippen LogP contribution in [0.5, 0.6) is 0 Å². The number of thiazole rings is 1. The Morgan fingerprint density at radius 2 is 1.38 bits per heavy atom. The lowest BCUT2D eigenvalue weighted by Crippen LogP contribution is -2.42. The van der Waals surface area contributed by atoms with Gasteiger partial charge in [0, 0.05) is 0 Å². The first-order chi connectivity index (χ1) is 19.3. The summed E-state index contributed by atoms with van der Waals surface area (Å²) in [5.41, 5.74) is 10.3. The lowest BCUT2D eigenvalue weighted by atomic mass is 9.82. The van der Waals surface area contributed by atoms with Gasteiger partial charge in [-0.3, -0.25) is 9.36 Å². The Kier molecular flexibility index (Phi) is 9.42.